The van der Waals surface area contributed by atoms with Gasteiger partial charge >= 0.3 is 6.61 Å². The summed E-state index contributed by atoms with van der Waals surface area (Å²) in [5.41, 5.74) is 3.89. The van der Waals surface area contributed by atoms with Crippen LogP contribution < -0.4 is 10.6 Å². The molecule has 0 spiro atoms. The number of ether oxygens (including phenoxy) is 1. The maximum Gasteiger partial charge on any atom is 0.345 e. The fourth-order valence-electron chi connectivity index (χ4n) is 6.40. The third-order valence-electron chi connectivity index (χ3n) is 8.68. The van der Waals surface area contributed by atoms with E-state index in [1.165, 1.54) is 19.2 Å². The van der Waals surface area contributed by atoms with Gasteiger partial charge in [-0.1, -0.05) is 12.1 Å². The van der Waals surface area contributed by atoms with Gasteiger partial charge in [-0.25, -0.2) is 14.4 Å². The summed E-state index contributed by atoms with van der Waals surface area (Å²) in [7, 11) is 1.53. The average molecular weight is 643 g/mol. The van der Waals surface area contributed by atoms with Gasteiger partial charge in [0.05, 0.1) is 11.7 Å². The standard InChI is InChI=1S/C36H33F3N4O4/c1-4-41-28-16-30-27(31(33(45)40-3)32(47-30)21-8-10-23(37)11-9-21)15-26(28)22-7-6-20(2)25(14-22)29(44)19-36(34-42-12-5-13-43-34)17-24(18-36)46-35(38)39/h5-16,24,35,41H,4,17-19H2,1-3H3,(H,40,45). The molecule has 1 fully saturated rings. The topological polar surface area (TPSA) is 106 Å². The van der Waals surface area contributed by atoms with Gasteiger partial charge in [0.15, 0.2) is 5.78 Å². The number of anilines is 1. The van der Waals surface area contributed by atoms with Crippen LogP contribution in [-0.4, -0.2) is 48.0 Å². The molecule has 2 heterocycles. The molecule has 5 aromatic rings. The maximum atomic E-state index is 14.0. The molecule has 6 rings (SSSR count). The van der Waals surface area contributed by atoms with E-state index >= 15 is 0 Å². The van der Waals surface area contributed by atoms with Crippen molar-refractivity contribution in [2.75, 3.05) is 18.9 Å². The van der Waals surface area contributed by atoms with Crippen molar-refractivity contribution in [3.05, 3.63) is 101 Å². The van der Waals surface area contributed by atoms with Crippen LogP contribution in [0.5, 0.6) is 0 Å². The molecule has 1 saturated carbocycles. The number of carbonyl (C=O) groups is 2. The average Bonchev–Trinajstić information content (AvgIpc) is 3.42. The molecule has 0 saturated heterocycles. The van der Waals surface area contributed by atoms with E-state index in [-0.39, 0.29) is 31.0 Å². The fourth-order valence-corrected chi connectivity index (χ4v) is 6.40. The lowest BCUT2D eigenvalue weighted by Crippen LogP contribution is -2.49. The van der Waals surface area contributed by atoms with Gasteiger partial charge in [-0.05, 0) is 80.3 Å². The molecule has 0 aliphatic heterocycles. The molecule has 242 valence electrons. The van der Waals surface area contributed by atoms with Gasteiger partial charge in [-0.2, -0.15) is 8.78 Å². The minimum Gasteiger partial charge on any atom is -0.455 e. The van der Waals surface area contributed by atoms with Gasteiger partial charge in [0.1, 0.15) is 23.0 Å². The second-order valence-corrected chi connectivity index (χ2v) is 11.7. The van der Waals surface area contributed by atoms with E-state index in [0.29, 0.717) is 45.8 Å². The van der Waals surface area contributed by atoms with Gasteiger partial charge in [0.25, 0.3) is 5.91 Å². The van der Waals surface area contributed by atoms with Crippen molar-refractivity contribution < 1.29 is 31.9 Å². The Bertz CT molecular complexity index is 1940. The number of hydrogen-bond acceptors (Lipinski definition) is 7. The Morgan fingerprint density at radius 2 is 1.74 bits per heavy atom. The van der Waals surface area contributed by atoms with Crippen LogP contribution in [0, 0.1) is 12.7 Å². The molecule has 3 aromatic carbocycles. The van der Waals surface area contributed by atoms with Crippen LogP contribution in [0.15, 0.2) is 77.5 Å². The minimum absolute atomic E-state index is 0.0209. The number of ketones is 1. The van der Waals surface area contributed by atoms with E-state index in [2.05, 4.69) is 20.6 Å². The Morgan fingerprint density at radius 1 is 1.04 bits per heavy atom. The maximum absolute atomic E-state index is 14.0. The highest BCUT2D eigenvalue weighted by atomic mass is 19.3. The SMILES string of the molecule is CCNc1cc2oc(-c3ccc(F)cc3)c(C(=O)NC)c2cc1-c1ccc(C)c(C(=O)CC2(c3ncccn3)CC(OC(F)F)C2)c1. The lowest BCUT2D eigenvalue weighted by atomic mass is 9.62. The number of alkyl halides is 2. The number of fused-ring (bicyclic) bond motifs is 1. The summed E-state index contributed by atoms with van der Waals surface area (Å²) in [6.07, 6.45) is 2.87. The van der Waals surface area contributed by atoms with E-state index in [4.69, 9.17) is 9.15 Å². The molecule has 1 aliphatic carbocycles. The third kappa shape index (κ3) is 6.23. The van der Waals surface area contributed by atoms with Crippen LogP contribution in [0.1, 0.15) is 58.3 Å². The predicted molar refractivity (Wildman–Crippen MR) is 172 cm³/mol. The highest BCUT2D eigenvalue weighted by Gasteiger charge is 2.50. The molecule has 2 aromatic heterocycles. The number of rotatable bonds is 11. The number of aromatic nitrogens is 2. The molecule has 0 bridgehead atoms. The van der Waals surface area contributed by atoms with E-state index in [0.717, 1.165) is 22.4 Å². The van der Waals surface area contributed by atoms with E-state index < -0.39 is 23.9 Å². The van der Waals surface area contributed by atoms with E-state index in [1.807, 2.05) is 44.2 Å². The Kier molecular flexibility index (Phi) is 8.83. The second-order valence-electron chi connectivity index (χ2n) is 11.7. The number of nitrogens with one attached hydrogen (secondary N) is 2. The molecule has 0 radical (unpaired) electrons. The summed E-state index contributed by atoms with van der Waals surface area (Å²) in [4.78, 5) is 35.9. The van der Waals surface area contributed by atoms with E-state index in [9.17, 15) is 22.8 Å². The number of benzene rings is 3. The fraction of sp³-hybridized carbons (Fsp3) is 0.278. The number of nitrogens with zero attached hydrogens (tertiary/aromatic N) is 2. The first-order chi connectivity index (χ1) is 22.6. The highest BCUT2D eigenvalue weighted by molar-refractivity contribution is 6.13. The summed E-state index contributed by atoms with van der Waals surface area (Å²) in [5, 5.41) is 6.59. The Hall–Kier alpha value is -5.03. The van der Waals surface area contributed by atoms with Gasteiger partial charge in [-0.15, -0.1) is 0 Å². The Labute approximate surface area is 269 Å². The summed E-state index contributed by atoms with van der Waals surface area (Å²) in [5.74, 6) is -0.218. The third-order valence-corrected chi connectivity index (χ3v) is 8.68. The Morgan fingerprint density at radius 3 is 2.40 bits per heavy atom. The van der Waals surface area contributed by atoms with Crippen LogP contribution in [0.25, 0.3) is 33.4 Å². The first kappa shape index (κ1) is 31.9. The van der Waals surface area contributed by atoms with Gasteiger partial charge in [0, 0.05) is 71.7 Å². The zero-order chi connectivity index (χ0) is 33.3. The molecular weight excluding hydrogens is 609 g/mol. The van der Waals surface area contributed by atoms with Crippen molar-refractivity contribution in [1.29, 1.82) is 0 Å². The summed E-state index contributed by atoms with van der Waals surface area (Å²) in [6.45, 7) is 1.48. The van der Waals surface area contributed by atoms with Crippen LogP contribution in [0.4, 0.5) is 18.9 Å². The lowest BCUT2D eigenvalue weighted by molar-refractivity contribution is -0.196. The molecule has 8 nitrogen and oxygen atoms in total. The summed E-state index contributed by atoms with van der Waals surface area (Å²) >= 11 is 0. The zero-order valence-electron chi connectivity index (χ0n) is 26.1. The quantitative estimate of drug-likeness (QED) is 0.142. The van der Waals surface area contributed by atoms with Crippen LogP contribution in [-0.2, 0) is 10.2 Å². The number of amides is 1. The van der Waals surface area contributed by atoms with Crippen molar-refractivity contribution in [2.24, 2.45) is 0 Å². The first-order valence-corrected chi connectivity index (χ1v) is 15.3. The smallest absolute Gasteiger partial charge is 0.345 e. The number of hydrogen-bond donors (Lipinski definition) is 2. The van der Waals surface area contributed by atoms with Crippen molar-refractivity contribution >= 4 is 28.3 Å². The van der Waals surface area contributed by atoms with Gasteiger partial charge in [-0.3, -0.25) is 9.59 Å². The number of aryl methyl sites for hydroxylation is 1. The Balaban J connectivity index is 1.41. The molecule has 2 N–H and O–H groups in total. The van der Waals surface area contributed by atoms with Crippen molar-refractivity contribution in [3.63, 3.8) is 0 Å². The summed E-state index contributed by atoms with van der Waals surface area (Å²) < 4.78 is 50.6. The predicted octanol–water partition coefficient (Wildman–Crippen LogP) is 7.71. The second kappa shape index (κ2) is 13.0. The van der Waals surface area contributed by atoms with Crippen LogP contribution in [0.2, 0.25) is 0 Å². The molecule has 0 unspecified atom stereocenters. The molecule has 0 atom stereocenters. The molecule has 1 amide bonds. The van der Waals surface area contributed by atoms with Crippen molar-refractivity contribution in [1.82, 2.24) is 15.3 Å². The number of halogens is 3. The van der Waals surface area contributed by atoms with Crippen molar-refractivity contribution in [2.45, 2.75) is 51.2 Å². The number of Topliss-reactive ketones (excluding diaryl/α,β-unsaturated/α-hetero) is 1. The zero-order valence-corrected chi connectivity index (χ0v) is 26.1. The summed E-state index contributed by atoms with van der Waals surface area (Å²) in [6, 6.07) is 16.6. The monoisotopic (exact) mass is 642 g/mol. The van der Waals surface area contributed by atoms with Crippen molar-refractivity contribution in [3.8, 4) is 22.5 Å². The molecular formula is C36H33F3N4O4. The van der Waals surface area contributed by atoms with Crippen LogP contribution in [0.3, 0.4) is 0 Å². The van der Waals surface area contributed by atoms with E-state index in [1.54, 1.807) is 30.6 Å². The van der Waals surface area contributed by atoms with Crippen LogP contribution >= 0.6 is 0 Å². The largest absolute Gasteiger partial charge is 0.455 e. The lowest BCUT2D eigenvalue weighted by Gasteiger charge is -2.45. The molecule has 11 heteroatoms. The molecule has 47 heavy (non-hydrogen) atoms. The van der Waals surface area contributed by atoms with Gasteiger partial charge < -0.3 is 19.8 Å². The highest BCUT2D eigenvalue weighted by Crippen LogP contribution is 2.48. The first-order valence-electron chi connectivity index (χ1n) is 15.3. The number of furan rings is 1. The normalized spacial score (nSPS) is 17.5. The minimum atomic E-state index is -2.90. The van der Waals surface area contributed by atoms with Gasteiger partial charge in [0.2, 0.25) is 0 Å². The number of carbonyl (C=O) groups excluding carboxylic acids is 2. The molecule has 1 aliphatic rings.